The third kappa shape index (κ3) is 2.44. The Hall–Kier alpha value is -0.120. The molecule has 3 nitrogen and oxygen atoms in total. The number of aliphatic hydroxyl groups is 2. The van der Waals surface area contributed by atoms with Crippen molar-refractivity contribution >= 4 is 0 Å². The van der Waals surface area contributed by atoms with E-state index in [4.69, 9.17) is 9.84 Å². The van der Waals surface area contributed by atoms with Gasteiger partial charge in [0.25, 0.3) is 0 Å². The van der Waals surface area contributed by atoms with Crippen LogP contribution in [0.2, 0.25) is 0 Å². The van der Waals surface area contributed by atoms with Gasteiger partial charge in [0, 0.05) is 0 Å². The zero-order valence-corrected chi connectivity index (χ0v) is 7.79. The maximum absolute atomic E-state index is 9.65. The van der Waals surface area contributed by atoms with Gasteiger partial charge < -0.3 is 14.9 Å². The lowest BCUT2D eigenvalue weighted by Crippen LogP contribution is -2.44. The quantitative estimate of drug-likeness (QED) is 0.647. The molecule has 1 fully saturated rings. The molecule has 0 saturated carbocycles. The van der Waals surface area contributed by atoms with Crippen LogP contribution in [0.5, 0.6) is 0 Å². The van der Waals surface area contributed by atoms with Crippen LogP contribution in [0.15, 0.2) is 0 Å². The van der Waals surface area contributed by atoms with E-state index < -0.39 is 5.60 Å². The lowest BCUT2D eigenvalue weighted by atomic mass is 9.93. The van der Waals surface area contributed by atoms with Gasteiger partial charge in [-0.25, -0.2) is 0 Å². The fraction of sp³-hybridized carbons (Fsp3) is 1.00. The Labute approximate surface area is 73.4 Å². The summed E-state index contributed by atoms with van der Waals surface area (Å²) in [6.45, 7) is 3.56. The van der Waals surface area contributed by atoms with Crippen LogP contribution in [0.4, 0.5) is 0 Å². The van der Waals surface area contributed by atoms with E-state index in [1.807, 2.05) is 0 Å². The highest BCUT2D eigenvalue weighted by Gasteiger charge is 2.32. The van der Waals surface area contributed by atoms with E-state index in [1.54, 1.807) is 13.8 Å². The third-order valence-corrected chi connectivity index (χ3v) is 2.34. The zero-order chi connectivity index (χ0) is 9.19. The average Bonchev–Trinajstić information content (AvgIpc) is 2.03. The van der Waals surface area contributed by atoms with Crippen molar-refractivity contribution in [1.82, 2.24) is 0 Å². The molecule has 1 aliphatic rings. The molecule has 2 atom stereocenters. The van der Waals surface area contributed by atoms with Crippen LogP contribution in [0.1, 0.15) is 33.1 Å². The number of ether oxygens (including phenoxy) is 1. The molecule has 0 aliphatic carbocycles. The Kier molecular flexibility index (Phi) is 3.09. The van der Waals surface area contributed by atoms with E-state index in [1.165, 1.54) is 0 Å². The SMILES string of the molecule is CC(C)(O)C1CCCC(CO)O1. The van der Waals surface area contributed by atoms with Crippen LogP contribution in [-0.2, 0) is 4.74 Å². The second kappa shape index (κ2) is 3.73. The second-order valence-electron chi connectivity index (χ2n) is 4.01. The molecule has 1 aliphatic heterocycles. The number of rotatable bonds is 2. The zero-order valence-electron chi connectivity index (χ0n) is 7.79. The lowest BCUT2D eigenvalue weighted by Gasteiger charge is -2.36. The molecule has 0 aromatic rings. The van der Waals surface area contributed by atoms with Gasteiger partial charge in [-0.15, -0.1) is 0 Å². The highest BCUT2D eigenvalue weighted by Crippen LogP contribution is 2.26. The minimum absolute atomic E-state index is 0.0621. The second-order valence-corrected chi connectivity index (χ2v) is 4.01. The normalized spacial score (nSPS) is 32.0. The molecule has 1 saturated heterocycles. The predicted octanol–water partition coefficient (Wildman–Crippen LogP) is 0.687. The van der Waals surface area contributed by atoms with E-state index in [0.29, 0.717) is 0 Å². The largest absolute Gasteiger partial charge is 0.394 e. The molecule has 3 heteroatoms. The van der Waals surface area contributed by atoms with Gasteiger partial charge in [-0.1, -0.05) is 0 Å². The van der Waals surface area contributed by atoms with Gasteiger partial charge in [0.1, 0.15) is 0 Å². The van der Waals surface area contributed by atoms with E-state index >= 15 is 0 Å². The highest BCUT2D eigenvalue weighted by molar-refractivity contribution is 4.82. The van der Waals surface area contributed by atoms with Gasteiger partial charge in [-0.3, -0.25) is 0 Å². The van der Waals surface area contributed by atoms with Crippen molar-refractivity contribution in [3.05, 3.63) is 0 Å². The van der Waals surface area contributed by atoms with Crippen LogP contribution in [0, 0.1) is 0 Å². The standard InChI is InChI=1S/C9H18O3/c1-9(2,11)8-5-3-4-7(6-10)12-8/h7-8,10-11H,3-6H2,1-2H3. The van der Waals surface area contributed by atoms with Gasteiger partial charge in [-0.05, 0) is 33.1 Å². The van der Waals surface area contributed by atoms with E-state index in [0.717, 1.165) is 19.3 Å². The molecule has 0 spiro atoms. The summed E-state index contributed by atoms with van der Waals surface area (Å²) in [7, 11) is 0. The van der Waals surface area contributed by atoms with Gasteiger partial charge in [0.2, 0.25) is 0 Å². The van der Waals surface area contributed by atoms with Crippen molar-refractivity contribution in [2.24, 2.45) is 0 Å². The third-order valence-electron chi connectivity index (χ3n) is 2.34. The van der Waals surface area contributed by atoms with Crippen LogP contribution < -0.4 is 0 Å². The predicted molar refractivity (Wildman–Crippen MR) is 45.9 cm³/mol. The first kappa shape index (κ1) is 9.96. The molecule has 0 amide bonds. The van der Waals surface area contributed by atoms with E-state index in [-0.39, 0.29) is 18.8 Å². The minimum atomic E-state index is -0.784. The minimum Gasteiger partial charge on any atom is -0.394 e. The summed E-state index contributed by atoms with van der Waals surface area (Å²) in [4.78, 5) is 0. The first-order valence-electron chi connectivity index (χ1n) is 4.52. The van der Waals surface area contributed by atoms with E-state index in [9.17, 15) is 5.11 Å². The maximum atomic E-state index is 9.65. The average molecular weight is 174 g/mol. The van der Waals surface area contributed by atoms with Crippen molar-refractivity contribution < 1.29 is 14.9 Å². The summed E-state index contributed by atoms with van der Waals surface area (Å²) >= 11 is 0. The molecule has 1 rings (SSSR count). The van der Waals surface area contributed by atoms with Crippen molar-refractivity contribution in [3.8, 4) is 0 Å². The van der Waals surface area contributed by atoms with Gasteiger partial charge in [0.05, 0.1) is 24.4 Å². The van der Waals surface area contributed by atoms with Gasteiger partial charge >= 0.3 is 0 Å². The molecule has 0 bridgehead atoms. The lowest BCUT2D eigenvalue weighted by molar-refractivity contribution is -0.150. The Bertz CT molecular complexity index is 139. The van der Waals surface area contributed by atoms with Gasteiger partial charge in [0.15, 0.2) is 0 Å². The molecule has 0 aromatic carbocycles. The topological polar surface area (TPSA) is 49.7 Å². The molecule has 1 heterocycles. The van der Waals surface area contributed by atoms with Crippen molar-refractivity contribution in [3.63, 3.8) is 0 Å². The summed E-state index contributed by atoms with van der Waals surface area (Å²) in [5.41, 5.74) is -0.784. The van der Waals surface area contributed by atoms with Crippen molar-refractivity contribution in [2.45, 2.75) is 50.9 Å². The molecule has 72 valence electrons. The van der Waals surface area contributed by atoms with Crippen LogP contribution >= 0.6 is 0 Å². The Morgan fingerprint density at radius 1 is 1.42 bits per heavy atom. The van der Waals surface area contributed by atoms with Crippen LogP contribution in [0.25, 0.3) is 0 Å². The summed E-state index contributed by atoms with van der Waals surface area (Å²) in [6.07, 6.45) is 2.63. The molecule has 0 radical (unpaired) electrons. The Morgan fingerprint density at radius 2 is 2.08 bits per heavy atom. The Morgan fingerprint density at radius 3 is 2.58 bits per heavy atom. The molecule has 12 heavy (non-hydrogen) atoms. The molecule has 2 N–H and O–H groups in total. The monoisotopic (exact) mass is 174 g/mol. The fourth-order valence-electron chi connectivity index (χ4n) is 1.55. The molecule has 2 unspecified atom stereocenters. The smallest absolute Gasteiger partial charge is 0.0861 e. The first-order valence-corrected chi connectivity index (χ1v) is 4.52. The summed E-state index contributed by atoms with van der Waals surface area (Å²) in [6, 6.07) is 0. The fourth-order valence-corrected chi connectivity index (χ4v) is 1.55. The van der Waals surface area contributed by atoms with Crippen molar-refractivity contribution in [2.75, 3.05) is 6.61 Å². The number of hydrogen-bond donors (Lipinski definition) is 2. The van der Waals surface area contributed by atoms with Crippen LogP contribution in [0.3, 0.4) is 0 Å². The summed E-state index contributed by atoms with van der Waals surface area (Å²) < 4.78 is 5.50. The van der Waals surface area contributed by atoms with Crippen molar-refractivity contribution in [1.29, 1.82) is 0 Å². The maximum Gasteiger partial charge on any atom is 0.0861 e. The highest BCUT2D eigenvalue weighted by atomic mass is 16.5. The molecule has 0 aromatic heterocycles. The van der Waals surface area contributed by atoms with Gasteiger partial charge in [-0.2, -0.15) is 0 Å². The first-order chi connectivity index (χ1) is 5.54. The molecular formula is C9H18O3. The van der Waals surface area contributed by atoms with E-state index in [2.05, 4.69) is 0 Å². The Balaban J connectivity index is 2.46. The van der Waals surface area contributed by atoms with Crippen LogP contribution in [-0.4, -0.2) is 34.6 Å². The number of hydrogen-bond acceptors (Lipinski definition) is 3. The molecular weight excluding hydrogens is 156 g/mol. The summed E-state index contributed by atoms with van der Waals surface area (Å²) in [5, 5.41) is 18.5. The number of aliphatic hydroxyl groups excluding tert-OH is 1. The summed E-state index contributed by atoms with van der Waals surface area (Å²) in [5.74, 6) is 0.